The summed E-state index contributed by atoms with van der Waals surface area (Å²) in [5.74, 6) is -0.0505. The highest BCUT2D eigenvalue weighted by atomic mass is 16.5. The topological polar surface area (TPSA) is 50.4 Å². The molecule has 1 heterocycles. The number of anilines is 1. The molecular weight excluding hydrogens is 252 g/mol. The largest absolute Gasteiger partial charge is 0.382 e. The van der Waals surface area contributed by atoms with Gasteiger partial charge in [0.15, 0.2) is 0 Å². The van der Waals surface area contributed by atoms with Crippen LogP contribution < -0.4 is 10.6 Å². The van der Waals surface area contributed by atoms with Crippen LogP contribution in [0.25, 0.3) is 0 Å². The number of nitrogens with one attached hydrogen (secondary N) is 2. The molecule has 0 saturated carbocycles. The van der Waals surface area contributed by atoms with Crippen LogP contribution >= 0.6 is 0 Å². The number of carbonyl (C=O) groups excluding carboxylic acids is 1. The van der Waals surface area contributed by atoms with Gasteiger partial charge in [0.2, 0.25) is 0 Å². The Hall–Kier alpha value is -1.55. The number of amides is 1. The molecule has 4 heteroatoms. The lowest BCUT2D eigenvalue weighted by molar-refractivity contribution is 0.0206. The molecule has 0 spiro atoms. The number of hydrogen-bond donors (Lipinski definition) is 2. The van der Waals surface area contributed by atoms with Crippen molar-refractivity contribution in [1.82, 2.24) is 5.32 Å². The summed E-state index contributed by atoms with van der Waals surface area (Å²) in [7, 11) is 0. The minimum absolute atomic E-state index is 0.0505. The predicted molar refractivity (Wildman–Crippen MR) is 81.1 cm³/mol. The molecule has 0 radical (unpaired) electrons. The fourth-order valence-electron chi connectivity index (χ4n) is 2.46. The Kier molecular flexibility index (Phi) is 4.65. The van der Waals surface area contributed by atoms with E-state index in [0.717, 1.165) is 25.1 Å². The maximum absolute atomic E-state index is 12.3. The molecule has 1 aliphatic heterocycles. The highest BCUT2D eigenvalue weighted by Crippen LogP contribution is 2.24. The van der Waals surface area contributed by atoms with Crippen molar-refractivity contribution in [2.75, 3.05) is 18.5 Å². The van der Waals surface area contributed by atoms with Gasteiger partial charge in [0.1, 0.15) is 0 Å². The summed E-state index contributed by atoms with van der Waals surface area (Å²) in [4.78, 5) is 12.3. The van der Waals surface area contributed by atoms with E-state index < -0.39 is 0 Å². The monoisotopic (exact) mass is 276 g/mol. The average Bonchev–Trinajstić information content (AvgIpc) is 2.83. The third-order valence-corrected chi connectivity index (χ3v) is 3.54. The van der Waals surface area contributed by atoms with Crippen LogP contribution in [-0.4, -0.2) is 30.7 Å². The molecule has 1 saturated heterocycles. The molecule has 1 unspecified atom stereocenters. The molecule has 1 aliphatic rings. The second-order valence-electron chi connectivity index (χ2n) is 5.93. The average molecular weight is 276 g/mol. The van der Waals surface area contributed by atoms with Gasteiger partial charge in [-0.2, -0.15) is 0 Å². The highest BCUT2D eigenvalue weighted by molar-refractivity contribution is 5.99. The molecular formula is C16H24N2O2. The minimum atomic E-state index is -0.212. The lowest BCUT2D eigenvalue weighted by Crippen LogP contribution is -2.40. The van der Waals surface area contributed by atoms with Gasteiger partial charge < -0.3 is 15.4 Å². The Morgan fingerprint density at radius 1 is 1.40 bits per heavy atom. The minimum Gasteiger partial charge on any atom is -0.382 e. The van der Waals surface area contributed by atoms with Gasteiger partial charge in [0.05, 0.1) is 11.2 Å². The summed E-state index contributed by atoms with van der Waals surface area (Å²) in [6.45, 7) is 7.52. The number of carbonyl (C=O) groups is 1. The molecule has 20 heavy (non-hydrogen) atoms. The lowest BCUT2D eigenvalue weighted by atomic mass is 10.0. The first-order valence-corrected chi connectivity index (χ1v) is 7.28. The summed E-state index contributed by atoms with van der Waals surface area (Å²) in [6.07, 6.45) is 2.07. The van der Waals surface area contributed by atoms with Crippen LogP contribution in [0.4, 0.5) is 5.69 Å². The zero-order valence-corrected chi connectivity index (χ0v) is 12.5. The SMILES string of the molecule is CC(C)Nc1ccccc1C(=O)NCC1(C)CCCO1. The summed E-state index contributed by atoms with van der Waals surface area (Å²) in [6, 6.07) is 7.89. The Balaban J connectivity index is 2.01. The number of benzene rings is 1. The van der Waals surface area contributed by atoms with Gasteiger partial charge in [0.25, 0.3) is 5.91 Å². The van der Waals surface area contributed by atoms with E-state index in [4.69, 9.17) is 4.74 Å². The van der Waals surface area contributed by atoms with Crippen molar-refractivity contribution >= 4 is 11.6 Å². The number of hydrogen-bond acceptors (Lipinski definition) is 3. The summed E-state index contributed by atoms with van der Waals surface area (Å²) >= 11 is 0. The first-order valence-electron chi connectivity index (χ1n) is 7.28. The lowest BCUT2D eigenvalue weighted by Gasteiger charge is -2.24. The van der Waals surface area contributed by atoms with E-state index in [0.29, 0.717) is 18.2 Å². The first kappa shape index (κ1) is 14.9. The molecule has 110 valence electrons. The zero-order valence-electron chi connectivity index (χ0n) is 12.5. The van der Waals surface area contributed by atoms with E-state index in [9.17, 15) is 4.79 Å². The van der Waals surface area contributed by atoms with Crippen LogP contribution in [0, 0.1) is 0 Å². The van der Waals surface area contributed by atoms with Gasteiger partial charge in [-0.1, -0.05) is 12.1 Å². The van der Waals surface area contributed by atoms with Gasteiger partial charge in [-0.25, -0.2) is 0 Å². The molecule has 0 bridgehead atoms. The Morgan fingerprint density at radius 3 is 2.80 bits per heavy atom. The molecule has 2 rings (SSSR count). The summed E-state index contributed by atoms with van der Waals surface area (Å²) in [5, 5.41) is 6.29. The van der Waals surface area contributed by atoms with Crippen molar-refractivity contribution in [2.24, 2.45) is 0 Å². The van der Waals surface area contributed by atoms with Gasteiger partial charge in [-0.05, 0) is 45.7 Å². The smallest absolute Gasteiger partial charge is 0.253 e. The molecule has 1 amide bonds. The van der Waals surface area contributed by atoms with Crippen molar-refractivity contribution in [3.05, 3.63) is 29.8 Å². The van der Waals surface area contributed by atoms with E-state index in [1.807, 2.05) is 24.3 Å². The Morgan fingerprint density at radius 2 is 2.15 bits per heavy atom. The van der Waals surface area contributed by atoms with Crippen LogP contribution in [0.5, 0.6) is 0 Å². The van der Waals surface area contributed by atoms with Crippen molar-refractivity contribution < 1.29 is 9.53 Å². The van der Waals surface area contributed by atoms with E-state index in [-0.39, 0.29) is 11.5 Å². The zero-order chi connectivity index (χ0) is 14.6. The number of ether oxygens (including phenoxy) is 1. The van der Waals surface area contributed by atoms with E-state index in [1.54, 1.807) is 0 Å². The van der Waals surface area contributed by atoms with E-state index >= 15 is 0 Å². The maximum atomic E-state index is 12.3. The van der Waals surface area contributed by atoms with Crippen molar-refractivity contribution in [1.29, 1.82) is 0 Å². The van der Waals surface area contributed by atoms with Gasteiger partial charge in [0, 0.05) is 24.9 Å². The quantitative estimate of drug-likeness (QED) is 0.869. The van der Waals surface area contributed by atoms with E-state index in [1.165, 1.54) is 0 Å². The second kappa shape index (κ2) is 6.27. The predicted octanol–water partition coefficient (Wildman–Crippen LogP) is 2.81. The van der Waals surface area contributed by atoms with Crippen LogP contribution in [0.15, 0.2) is 24.3 Å². The summed E-state index contributed by atoms with van der Waals surface area (Å²) in [5.41, 5.74) is 1.34. The molecule has 1 fully saturated rings. The Labute approximate surface area is 120 Å². The van der Waals surface area contributed by atoms with Crippen molar-refractivity contribution in [3.8, 4) is 0 Å². The third-order valence-electron chi connectivity index (χ3n) is 3.54. The molecule has 1 aromatic rings. The van der Waals surface area contributed by atoms with Crippen LogP contribution in [0.1, 0.15) is 44.0 Å². The molecule has 1 aromatic carbocycles. The van der Waals surface area contributed by atoms with E-state index in [2.05, 4.69) is 31.4 Å². The molecule has 0 aromatic heterocycles. The molecule has 2 N–H and O–H groups in total. The van der Waals surface area contributed by atoms with Gasteiger partial charge in [-0.3, -0.25) is 4.79 Å². The number of para-hydroxylation sites is 1. The first-order chi connectivity index (χ1) is 9.50. The molecule has 4 nitrogen and oxygen atoms in total. The van der Waals surface area contributed by atoms with Crippen LogP contribution in [0.2, 0.25) is 0 Å². The van der Waals surface area contributed by atoms with Crippen LogP contribution in [0.3, 0.4) is 0 Å². The third kappa shape index (κ3) is 3.73. The number of rotatable bonds is 5. The van der Waals surface area contributed by atoms with Gasteiger partial charge >= 0.3 is 0 Å². The molecule has 0 aliphatic carbocycles. The summed E-state index contributed by atoms with van der Waals surface area (Å²) < 4.78 is 5.69. The molecule has 1 atom stereocenters. The normalized spacial score (nSPS) is 22.0. The van der Waals surface area contributed by atoms with Crippen molar-refractivity contribution in [2.45, 2.75) is 45.3 Å². The Bertz CT molecular complexity index is 465. The second-order valence-corrected chi connectivity index (χ2v) is 5.93. The van der Waals surface area contributed by atoms with Crippen molar-refractivity contribution in [3.63, 3.8) is 0 Å². The fourth-order valence-corrected chi connectivity index (χ4v) is 2.46. The van der Waals surface area contributed by atoms with Gasteiger partial charge in [-0.15, -0.1) is 0 Å². The fraction of sp³-hybridized carbons (Fsp3) is 0.562. The standard InChI is InChI=1S/C16H24N2O2/c1-12(2)18-14-8-5-4-7-13(14)15(19)17-11-16(3)9-6-10-20-16/h4-5,7-8,12,18H,6,9-11H2,1-3H3,(H,17,19). The maximum Gasteiger partial charge on any atom is 0.253 e. The van der Waals surface area contributed by atoms with Crippen LogP contribution in [-0.2, 0) is 4.74 Å². The highest BCUT2D eigenvalue weighted by Gasteiger charge is 2.30.